The lowest BCUT2D eigenvalue weighted by Gasteiger charge is -2.25. The van der Waals surface area contributed by atoms with E-state index in [0.29, 0.717) is 31.1 Å². The van der Waals surface area contributed by atoms with E-state index in [-0.39, 0.29) is 17.8 Å². The van der Waals surface area contributed by atoms with Crippen molar-refractivity contribution in [2.24, 2.45) is 0 Å². The molecule has 1 saturated carbocycles. The van der Waals surface area contributed by atoms with Crippen LogP contribution in [-0.2, 0) is 23.0 Å². The van der Waals surface area contributed by atoms with Gasteiger partial charge in [-0.15, -0.1) is 0 Å². The average Bonchev–Trinajstić information content (AvgIpc) is 3.20. The van der Waals surface area contributed by atoms with Crippen LogP contribution in [0.25, 0.3) is 0 Å². The first-order chi connectivity index (χ1) is 12.0. The third-order valence-corrected chi connectivity index (χ3v) is 7.66. The molecule has 1 fully saturated rings. The maximum atomic E-state index is 12.4. The number of nitrogens with one attached hydrogen (secondary N) is 2. The summed E-state index contributed by atoms with van der Waals surface area (Å²) in [7, 11) is -3.21. The van der Waals surface area contributed by atoms with Gasteiger partial charge < -0.3 is 5.32 Å². The molecule has 1 aromatic rings. The first-order valence-electron chi connectivity index (χ1n) is 9.02. The molecule has 0 unspecified atom stereocenters. The molecule has 2 heterocycles. The minimum Gasteiger partial charge on any atom is -0.335 e. The van der Waals surface area contributed by atoms with Gasteiger partial charge in [-0.2, -0.15) is 4.31 Å². The summed E-state index contributed by atoms with van der Waals surface area (Å²) in [5, 5.41) is 6.33. The van der Waals surface area contributed by atoms with Gasteiger partial charge in [-0.3, -0.25) is 5.32 Å². The maximum Gasteiger partial charge on any atom is 0.321 e. The fraction of sp³-hybridized carbons (Fsp3) is 0.750. The monoisotopic (exact) mass is 386 g/mol. The molecule has 1 aromatic heterocycles. The number of hydrogen-bond donors (Lipinski definition) is 2. The normalized spacial score (nSPS) is 18.9. The Morgan fingerprint density at radius 2 is 2.12 bits per heavy atom. The van der Waals surface area contributed by atoms with Crippen LogP contribution in [0.1, 0.15) is 56.0 Å². The minimum absolute atomic E-state index is 0.201. The Morgan fingerprint density at radius 1 is 1.36 bits per heavy atom. The largest absolute Gasteiger partial charge is 0.335 e. The van der Waals surface area contributed by atoms with Crippen LogP contribution in [0, 0.1) is 0 Å². The molecule has 0 saturated heterocycles. The van der Waals surface area contributed by atoms with Gasteiger partial charge in [0.05, 0.1) is 11.4 Å². The molecule has 0 aromatic carbocycles. The molecule has 0 spiro atoms. The first kappa shape index (κ1) is 18.6. The van der Waals surface area contributed by atoms with Gasteiger partial charge in [-0.05, 0) is 19.3 Å². The van der Waals surface area contributed by atoms with Crippen molar-refractivity contribution in [1.82, 2.24) is 14.6 Å². The molecule has 25 heavy (non-hydrogen) atoms. The highest BCUT2D eigenvalue weighted by atomic mass is 32.2. The van der Waals surface area contributed by atoms with Gasteiger partial charge in [0.2, 0.25) is 10.0 Å². The summed E-state index contributed by atoms with van der Waals surface area (Å²) >= 11 is 1.38. The van der Waals surface area contributed by atoms with Crippen molar-refractivity contribution in [1.29, 1.82) is 0 Å². The third kappa shape index (κ3) is 4.71. The van der Waals surface area contributed by atoms with Crippen molar-refractivity contribution in [3.63, 3.8) is 0 Å². The van der Waals surface area contributed by atoms with Gasteiger partial charge in [0.25, 0.3) is 0 Å². The molecule has 0 atom stereocenters. The van der Waals surface area contributed by atoms with Gasteiger partial charge in [0.15, 0.2) is 5.13 Å². The van der Waals surface area contributed by atoms with Crippen LogP contribution in [0.4, 0.5) is 9.93 Å². The van der Waals surface area contributed by atoms with Crippen molar-refractivity contribution in [2.45, 2.75) is 64.5 Å². The molecular weight excluding hydrogens is 360 g/mol. The lowest BCUT2D eigenvalue weighted by molar-refractivity contribution is 0.248. The molecule has 2 amide bonds. The highest BCUT2D eigenvalue weighted by Gasteiger charge is 2.29. The Labute approximate surface area is 153 Å². The molecule has 140 valence electrons. The second kappa shape index (κ2) is 8.01. The number of amides is 2. The van der Waals surface area contributed by atoms with Gasteiger partial charge >= 0.3 is 6.03 Å². The van der Waals surface area contributed by atoms with Gasteiger partial charge in [-0.25, -0.2) is 18.2 Å². The highest BCUT2D eigenvalue weighted by molar-refractivity contribution is 7.89. The maximum absolute atomic E-state index is 12.4. The van der Waals surface area contributed by atoms with Crippen molar-refractivity contribution in [2.75, 3.05) is 17.6 Å². The van der Waals surface area contributed by atoms with Crippen molar-refractivity contribution in [3.05, 3.63) is 10.6 Å². The van der Waals surface area contributed by atoms with Gasteiger partial charge in [-0.1, -0.05) is 37.5 Å². The number of nitrogens with zero attached hydrogens (tertiary/aromatic N) is 2. The summed E-state index contributed by atoms with van der Waals surface area (Å²) in [6.45, 7) is 2.82. The number of rotatable bonds is 6. The van der Waals surface area contributed by atoms with E-state index in [9.17, 15) is 13.2 Å². The smallest absolute Gasteiger partial charge is 0.321 e. The standard InChI is InChI=1S/C16H26N4O3S2/c1-2-3-10-25(22,23)20-9-8-13-14(11-20)24-16(18-13)19-15(21)17-12-6-4-5-7-12/h12H,2-11H2,1H3,(H2,17,18,19,21). The Morgan fingerprint density at radius 3 is 2.84 bits per heavy atom. The van der Waals surface area contributed by atoms with Crippen LogP contribution >= 0.6 is 11.3 Å². The van der Waals surface area contributed by atoms with Crippen LogP contribution in [0.2, 0.25) is 0 Å². The van der Waals surface area contributed by atoms with Crippen LogP contribution < -0.4 is 10.6 Å². The zero-order valence-corrected chi connectivity index (χ0v) is 16.2. The summed E-state index contributed by atoms with van der Waals surface area (Å²) in [6, 6.07) is 0.0409. The molecule has 0 bridgehead atoms. The summed E-state index contributed by atoms with van der Waals surface area (Å²) in [5.41, 5.74) is 0.906. The van der Waals surface area contributed by atoms with E-state index in [1.54, 1.807) is 4.31 Å². The number of anilines is 1. The van der Waals surface area contributed by atoms with Crippen LogP contribution in [-0.4, -0.2) is 42.1 Å². The van der Waals surface area contributed by atoms with Gasteiger partial charge in [0.1, 0.15) is 0 Å². The topological polar surface area (TPSA) is 91.4 Å². The molecule has 0 radical (unpaired) electrons. The molecule has 9 heteroatoms. The number of urea groups is 1. The Kier molecular flexibility index (Phi) is 5.96. The molecule has 1 aliphatic heterocycles. The number of thiazole rings is 1. The van der Waals surface area contributed by atoms with E-state index in [0.717, 1.165) is 29.8 Å². The lowest BCUT2D eigenvalue weighted by Crippen LogP contribution is -2.37. The van der Waals surface area contributed by atoms with E-state index in [2.05, 4.69) is 15.6 Å². The number of carbonyl (C=O) groups is 1. The van der Waals surface area contributed by atoms with Crippen LogP contribution in [0.5, 0.6) is 0 Å². The molecule has 2 aliphatic rings. The highest BCUT2D eigenvalue weighted by Crippen LogP contribution is 2.29. The zero-order chi connectivity index (χ0) is 17.9. The third-order valence-electron chi connectivity index (χ3n) is 4.76. The van der Waals surface area contributed by atoms with E-state index < -0.39 is 10.0 Å². The number of unbranched alkanes of at least 4 members (excludes halogenated alkanes) is 1. The molecule has 3 rings (SSSR count). The van der Waals surface area contributed by atoms with E-state index in [1.807, 2.05) is 6.92 Å². The van der Waals surface area contributed by atoms with E-state index in [4.69, 9.17) is 0 Å². The summed E-state index contributed by atoms with van der Waals surface area (Å²) < 4.78 is 26.3. The second-order valence-corrected chi connectivity index (χ2v) is 9.89. The molecule has 7 nitrogen and oxygen atoms in total. The number of sulfonamides is 1. The Bertz CT molecular complexity index is 711. The average molecular weight is 387 g/mol. The SMILES string of the molecule is CCCCS(=O)(=O)N1CCc2nc(NC(=O)NC3CCCC3)sc2C1. The van der Waals surface area contributed by atoms with Crippen LogP contribution in [0.15, 0.2) is 0 Å². The lowest BCUT2D eigenvalue weighted by atomic mass is 10.2. The summed E-state index contributed by atoms with van der Waals surface area (Å²) in [5.74, 6) is 0.201. The quantitative estimate of drug-likeness (QED) is 0.786. The van der Waals surface area contributed by atoms with Crippen LogP contribution in [0.3, 0.4) is 0 Å². The van der Waals surface area contributed by atoms with E-state index in [1.165, 1.54) is 24.2 Å². The molecule has 1 aliphatic carbocycles. The van der Waals surface area contributed by atoms with Gasteiger partial charge in [0, 0.05) is 30.4 Å². The number of fused-ring (bicyclic) bond motifs is 1. The van der Waals surface area contributed by atoms with Crippen molar-refractivity contribution < 1.29 is 13.2 Å². The summed E-state index contributed by atoms with van der Waals surface area (Å²) in [6.07, 6.45) is 6.55. The Balaban J connectivity index is 1.59. The zero-order valence-electron chi connectivity index (χ0n) is 14.6. The predicted octanol–water partition coefficient (Wildman–Crippen LogP) is 2.70. The first-order valence-corrected chi connectivity index (χ1v) is 11.4. The molecule has 2 N–H and O–H groups in total. The Hall–Kier alpha value is -1.19. The summed E-state index contributed by atoms with van der Waals surface area (Å²) in [4.78, 5) is 17.5. The number of hydrogen-bond acceptors (Lipinski definition) is 5. The molecular formula is C16H26N4O3S2. The van der Waals surface area contributed by atoms with Crippen molar-refractivity contribution >= 4 is 32.5 Å². The number of aromatic nitrogens is 1. The fourth-order valence-corrected chi connectivity index (χ4v) is 6.02. The van der Waals surface area contributed by atoms with E-state index >= 15 is 0 Å². The van der Waals surface area contributed by atoms with Crippen molar-refractivity contribution in [3.8, 4) is 0 Å². The fourth-order valence-electron chi connectivity index (χ4n) is 3.31. The number of carbonyl (C=O) groups excluding carboxylic acids is 1. The second-order valence-electron chi connectivity index (χ2n) is 6.72. The minimum atomic E-state index is -3.21. The predicted molar refractivity (Wildman–Crippen MR) is 99.3 cm³/mol.